The molecule has 0 fully saturated rings. The molecular weight excluding hydrogens is 352 g/mol. The molecule has 1 amide bonds. The largest absolute Gasteiger partial charge is 0.494 e. The molecule has 0 bridgehead atoms. The molecule has 2 aromatic carbocycles. The number of carbonyl (C=O) groups is 1. The van der Waals surface area contributed by atoms with Gasteiger partial charge in [0, 0.05) is 11.8 Å². The topological polar surface area (TPSA) is 98.5 Å². The van der Waals surface area contributed by atoms with Crippen molar-refractivity contribution in [3.8, 4) is 11.5 Å². The number of nitrogen functional groups attached to an aromatic ring is 1. The predicted molar refractivity (Wildman–Crippen MR) is 104 cm³/mol. The number of nitrogens with two attached hydrogens (primary N) is 1. The van der Waals surface area contributed by atoms with Crippen LogP contribution in [0.2, 0.25) is 0 Å². The highest BCUT2D eigenvalue weighted by Crippen LogP contribution is 2.35. The minimum absolute atomic E-state index is 0.0818. The number of aryl methyl sites for hydroxylation is 2. The van der Waals surface area contributed by atoms with E-state index in [9.17, 15) is 4.79 Å². The Hall–Kier alpha value is -2.84. The third kappa shape index (κ3) is 4.04. The van der Waals surface area contributed by atoms with Crippen molar-refractivity contribution in [2.45, 2.75) is 13.8 Å². The molecule has 0 atom stereocenters. The van der Waals surface area contributed by atoms with Crippen LogP contribution in [0.1, 0.15) is 11.1 Å². The first-order chi connectivity index (χ1) is 12.5. The lowest BCUT2D eigenvalue weighted by molar-refractivity contribution is -0.118. The van der Waals surface area contributed by atoms with Crippen LogP contribution >= 0.6 is 11.3 Å². The van der Waals surface area contributed by atoms with Gasteiger partial charge in [0.25, 0.3) is 5.91 Å². The van der Waals surface area contributed by atoms with E-state index in [1.807, 2.05) is 38.1 Å². The van der Waals surface area contributed by atoms with Gasteiger partial charge in [-0.2, -0.15) is 0 Å². The normalized spacial score (nSPS) is 10.6. The molecule has 0 radical (unpaired) electrons. The molecular formula is C18H20N4O3S. The number of carbonyl (C=O) groups excluding carboxylic acids is 1. The lowest BCUT2D eigenvalue weighted by Gasteiger charge is -2.10. The minimum atomic E-state index is -0.257. The second-order valence-electron chi connectivity index (χ2n) is 5.85. The van der Waals surface area contributed by atoms with Crippen molar-refractivity contribution in [3.63, 3.8) is 0 Å². The van der Waals surface area contributed by atoms with Crippen molar-refractivity contribution in [3.05, 3.63) is 41.5 Å². The van der Waals surface area contributed by atoms with Crippen molar-refractivity contribution in [1.29, 1.82) is 0 Å². The van der Waals surface area contributed by atoms with E-state index in [1.54, 1.807) is 13.2 Å². The molecule has 0 aliphatic rings. The summed E-state index contributed by atoms with van der Waals surface area (Å²) in [5.74, 6) is 6.39. The maximum atomic E-state index is 12.2. The van der Waals surface area contributed by atoms with Crippen LogP contribution in [0.3, 0.4) is 0 Å². The van der Waals surface area contributed by atoms with Gasteiger partial charge in [-0.1, -0.05) is 17.4 Å². The van der Waals surface area contributed by atoms with Gasteiger partial charge < -0.3 is 14.8 Å². The zero-order valence-electron chi connectivity index (χ0n) is 14.8. The smallest absolute Gasteiger partial charge is 0.262 e. The molecule has 1 heterocycles. The summed E-state index contributed by atoms with van der Waals surface area (Å²) in [5, 5.41) is 3.39. The molecule has 0 aliphatic heterocycles. The predicted octanol–water partition coefficient (Wildman–Crippen LogP) is 3.22. The van der Waals surface area contributed by atoms with Crippen LogP contribution in [0.4, 0.5) is 10.8 Å². The maximum absolute atomic E-state index is 12.2. The van der Waals surface area contributed by atoms with E-state index in [-0.39, 0.29) is 12.5 Å². The van der Waals surface area contributed by atoms with E-state index in [0.717, 1.165) is 15.8 Å². The highest BCUT2D eigenvalue weighted by Gasteiger charge is 2.12. The van der Waals surface area contributed by atoms with Gasteiger partial charge in [0.05, 0.1) is 11.8 Å². The first-order valence-corrected chi connectivity index (χ1v) is 8.76. The Morgan fingerprint density at radius 1 is 1.19 bits per heavy atom. The van der Waals surface area contributed by atoms with E-state index in [1.165, 1.54) is 11.3 Å². The number of fused-ring (bicyclic) bond motifs is 1. The molecule has 0 unspecified atom stereocenters. The molecule has 0 aliphatic carbocycles. The van der Waals surface area contributed by atoms with Crippen molar-refractivity contribution < 1.29 is 14.3 Å². The number of hydrazine groups is 1. The Bertz CT molecular complexity index is 935. The number of amides is 1. The standard InChI is InChI=1S/C18H20N4O3S/c1-10-4-11(2)6-13(5-10)25-9-16(23)20-12-7-14(24-3)17-15(8-12)26-18(21-17)22-19/h4-8H,9,19H2,1-3H3,(H,20,23)(H,21,22). The molecule has 1 aromatic heterocycles. The molecule has 136 valence electrons. The SMILES string of the molecule is COc1cc(NC(=O)COc2cc(C)cc(C)c2)cc2sc(NN)nc12. The number of rotatable bonds is 6. The number of benzene rings is 2. The van der Waals surface area contributed by atoms with Gasteiger partial charge in [0.2, 0.25) is 0 Å². The number of hydrogen-bond donors (Lipinski definition) is 3. The second-order valence-corrected chi connectivity index (χ2v) is 6.88. The lowest BCUT2D eigenvalue weighted by Crippen LogP contribution is -2.20. The van der Waals surface area contributed by atoms with Crippen LogP contribution in [0.5, 0.6) is 11.5 Å². The third-order valence-electron chi connectivity index (χ3n) is 3.65. The van der Waals surface area contributed by atoms with Crippen LogP contribution in [0.15, 0.2) is 30.3 Å². The lowest BCUT2D eigenvalue weighted by atomic mass is 10.1. The molecule has 0 saturated heterocycles. The fourth-order valence-electron chi connectivity index (χ4n) is 2.65. The summed E-state index contributed by atoms with van der Waals surface area (Å²) in [7, 11) is 1.55. The Labute approximate surface area is 155 Å². The van der Waals surface area contributed by atoms with Crippen LogP contribution < -0.4 is 26.1 Å². The summed E-state index contributed by atoms with van der Waals surface area (Å²) in [5.41, 5.74) is 5.99. The molecule has 26 heavy (non-hydrogen) atoms. The maximum Gasteiger partial charge on any atom is 0.262 e. The Kier molecular flexibility index (Phi) is 5.24. The zero-order valence-corrected chi connectivity index (χ0v) is 15.6. The summed E-state index contributed by atoms with van der Waals surface area (Å²) in [6, 6.07) is 9.39. The fourth-order valence-corrected chi connectivity index (χ4v) is 3.48. The van der Waals surface area contributed by atoms with Crippen molar-refractivity contribution >= 4 is 38.3 Å². The molecule has 0 spiro atoms. The Morgan fingerprint density at radius 2 is 1.92 bits per heavy atom. The van der Waals surface area contributed by atoms with Gasteiger partial charge in [-0.15, -0.1) is 0 Å². The number of aromatic nitrogens is 1. The van der Waals surface area contributed by atoms with Crippen molar-refractivity contribution in [1.82, 2.24) is 4.98 Å². The average molecular weight is 372 g/mol. The summed E-state index contributed by atoms with van der Waals surface area (Å²) >= 11 is 1.37. The highest BCUT2D eigenvalue weighted by atomic mass is 32.1. The number of nitrogens with one attached hydrogen (secondary N) is 2. The van der Waals surface area contributed by atoms with Gasteiger partial charge in [-0.05, 0) is 43.2 Å². The first kappa shape index (κ1) is 18.0. The van der Waals surface area contributed by atoms with E-state index in [2.05, 4.69) is 15.7 Å². The third-order valence-corrected chi connectivity index (χ3v) is 4.59. The summed E-state index contributed by atoms with van der Waals surface area (Å²) < 4.78 is 11.8. The fraction of sp³-hybridized carbons (Fsp3) is 0.222. The molecule has 8 heteroatoms. The highest BCUT2D eigenvalue weighted by molar-refractivity contribution is 7.22. The number of anilines is 2. The van der Waals surface area contributed by atoms with Gasteiger partial charge in [0.1, 0.15) is 17.0 Å². The van der Waals surface area contributed by atoms with Crippen LogP contribution in [-0.2, 0) is 4.79 Å². The Balaban J connectivity index is 1.72. The van der Waals surface area contributed by atoms with Gasteiger partial charge in [0.15, 0.2) is 11.7 Å². The number of ether oxygens (including phenoxy) is 2. The average Bonchev–Trinajstić information content (AvgIpc) is 3.01. The monoisotopic (exact) mass is 372 g/mol. The van der Waals surface area contributed by atoms with Crippen LogP contribution in [0.25, 0.3) is 10.2 Å². The number of thiazole rings is 1. The first-order valence-electron chi connectivity index (χ1n) is 7.94. The molecule has 3 aromatic rings. The van der Waals surface area contributed by atoms with E-state index in [0.29, 0.717) is 27.8 Å². The van der Waals surface area contributed by atoms with E-state index >= 15 is 0 Å². The summed E-state index contributed by atoms with van der Waals surface area (Å²) in [6.07, 6.45) is 0. The van der Waals surface area contributed by atoms with Crippen molar-refractivity contribution in [2.75, 3.05) is 24.5 Å². The van der Waals surface area contributed by atoms with E-state index in [4.69, 9.17) is 15.3 Å². The quantitative estimate of drug-likeness (QED) is 0.454. The Morgan fingerprint density at radius 3 is 2.58 bits per heavy atom. The summed E-state index contributed by atoms with van der Waals surface area (Å²) in [6.45, 7) is 3.89. The van der Waals surface area contributed by atoms with Crippen LogP contribution in [0, 0.1) is 13.8 Å². The molecule has 4 N–H and O–H groups in total. The minimum Gasteiger partial charge on any atom is -0.494 e. The van der Waals surface area contributed by atoms with Gasteiger partial charge in [-0.25, -0.2) is 10.8 Å². The van der Waals surface area contributed by atoms with Crippen LogP contribution in [-0.4, -0.2) is 24.6 Å². The summed E-state index contributed by atoms with van der Waals surface area (Å²) in [4.78, 5) is 16.6. The molecule has 7 nitrogen and oxygen atoms in total. The van der Waals surface area contributed by atoms with Gasteiger partial charge in [-0.3, -0.25) is 10.2 Å². The number of methoxy groups -OCH3 is 1. The van der Waals surface area contributed by atoms with E-state index < -0.39 is 0 Å². The molecule has 0 saturated carbocycles. The zero-order chi connectivity index (χ0) is 18.7. The van der Waals surface area contributed by atoms with Crippen molar-refractivity contribution in [2.24, 2.45) is 5.84 Å². The molecule has 3 rings (SSSR count). The second kappa shape index (κ2) is 7.59. The van der Waals surface area contributed by atoms with Gasteiger partial charge >= 0.3 is 0 Å². The number of hydrogen-bond acceptors (Lipinski definition) is 7. The number of nitrogens with zero attached hydrogens (tertiary/aromatic N) is 1.